The van der Waals surface area contributed by atoms with Gasteiger partial charge < -0.3 is 15.2 Å². The predicted molar refractivity (Wildman–Crippen MR) is 91.3 cm³/mol. The largest absolute Gasteiger partial charge is 0.497 e. The lowest BCUT2D eigenvalue weighted by Gasteiger charge is -2.15. The molecule has 5 heteroatoms. The molecule has 2 aromatic carbocycles. The van der Waals surface area contributed by atoms with Crippen LogP contribution in [0.4, 0.5) is 0 Å². The van der Waals surface area contributed by atoms with Crippen molar-refractivity contribution >= 4 is 11.9 Å². The third-order valence-corrected chi connectivity index (χ3v) is 3.73. The highest BCUT2D eigenvalue weighted by Gasteiger charge is 2.22. The molecule has 126 valence electrons. The van der Waals surface area contributed by atoms with E-state index >= 15 is 0 Å². The zero-order chi connectivity index (χ0) is 17.5. The van der Waals surface area contributed by atoms with Gasteiger partial charge in [0.05, 0.1) is 7.11 Å². The van der Waals surface area contributed by atoms with Crippen LogP contribution in [0.5, 0.6) is 5.75 Å². The zero-order valence-electron chi connectivity index (χ0n) is 13.8. The number of ether oxygens (including phenoxy) is 1. The van der Waals surface area contributed by atoms with Crippen LogP contribution in [0.1, 0.15) is 40.9 Å². The molecule has 0 bridgehead atoms. The molecule has 2 rings (SSSR count). The summed E-state index contributed by atoms with van der Waals surface area (Å²) in [5, 5.41) is 12.0. The van der Waals surface area contributed by atoms with Gasteiger partial charge in [-0.05, 0) is 41.8 Å². The Morgan fingerprint density at radius 1 is 1.08 bits per heavy atom. The minimum atomic E-state index is -1.11. The molecule has 0 aliphatic carbocycles. The number of nitrogens with one attached hydrogen (secondary N) is 1. The van der Waals surface area contributed by atoms with E-state index in [-0.39, 0.29) is 0 Å². The third-order valence-electron chi connectivity index (χ3n) is 3.73. The molecular formula is C19H21NO4. The van der Waals surface area contributed by atoms with Gasteiger partial charge in [-0.15, -0.1) is 0 Å². The van der Waals surface area contributed by atoms with E-state index < -0.39 is 17.9 Å². The maximum absolute atomic E-state index is 12.3. The van der Waals surface area contributed by atoms with Crippen molar-refractivity contribution < 1.29 is 19.4 Å². The average Bonchev–Trinajstić information content (AvgIpc) is 2.60. The van der Waals surface area contributed by atoms with Crippen LogP contribution < -0.4 is 10.1 Å². The van der Waals surface area contributed by atoms with Gasteiger partial charge in [-0.1, -0.05) is 37.6 Å². The van der Waals surface area contributed by atoms with Crippen LogP contribution >= 0.6 is 0 Å². The molecule has 0 spiro atoms. The average molecular weight is 327 g/mol. The molecule has 0 aromatic heterocycles. The molecule has 2 N–H and O–H groups in total. The van der Waals surface area contributed by atoms with Gasteiger partial charge in [0.25, 0.3) is 5.91 Å². The molecule has 0 saturated carbocycles. The van der Waals surface area contributed by atoms with E-state index in [2.05, 4.69) is 12.2 Å². The minimum Gasteiger partial charge on any atom is -0.497 e. The van der Waals surface area contributed by atoms with Gasteiger partial charge in [0.1, 0.15) is 5.75 Å². The van der Waals surface area contributed by atoms with E-state index in [1.54, 1.807) is 36.4 Å². The minimum absolute atomic E-state index is 0.415. The molecule has 5 nitrogen and oxygen atoms in total. The summed E-state index contributed by atoms with van der Waals surface area (Å²) in [4.78, 5) is 23.8. The molecule has 2 aromatic rings. The number of carbonyl (C=O) groups is 2. The van der Waals surface area contributed by atoms with E-state index in [9.17, 15) is 14.7 Å². The Morgan fingerprint density at radius 3 is 2.21 bits per heavy atom. The van der Waals surface area contributed by atoms with Crippen LogP contribution in [0.3, 0.4) is 0 Å². The van der Waals surface area contributed by atoms with E-state index in [0.717, 1.165) is 18.4 Å². The fourth-order valence-electron chi connectivity index (χ4n) is 2.41. The Hall–Kier alpha value is -2.82. The first-order valence-electron chi connectivity index (χ1n) is 7.81. The number of methoxy groups -OCH3 is 1. The van der Waals surface area contributed by atoms with Crippen LogP contribution in [0.25, 0.3) is 0 Å². The highest BCUT2D eigenvalue weighted by molar-refractivity contribution is 5.96. The number of amides is 1. The topological polar surface area (TPSA) is 75.6 Å². The Kier molecular flexibility index (Phi) is 5.95. The lowest BCUT2D eigenvalue weighted by atomic mass is 10.0. The van der Waals surface area contributed by atoms with Gasteiger partial charge in [0.15, 0.2) is 6.04 Å². The van der Waals surface area contributed by atoms with Crippen molar-refractivity contribution in [3.05, 3.63) is 65.2 Å². The maximum Gasteiger partial charge on any atom is 0.330 e. The van der Waals surface area contributed by atoms with Gasteiger partial charge >= 0.3 is 5.97 Å². The lowest BCUT2D eigenvalue weighted by molar-refractivity contribution is -0.139. The standard InChI is InChI=1S/C19H21NO4/c1-3-4-13-5-7-15(8-6-13)18(21)20-17(19(22)23)14-9-11-16(24-2)12-10-14/h5-12,17H,3-4H2,1-2H3,(H,20,21)(H,22,23). The van der Waals surface area contributed by atoms with Crippen molar-refractivity contribution in [1.29, 1.82) is 0 Å². The van der Waals surface area contributed by atoms with Crippen molar-refractivity contribution in [3.63, 3.8) is 0 Å². The number of aryl methyl sites for hydroxylation is 1. The molecule has 1 amide bonds. The van der Waals surface area contributed by atoms with Crippen molar-refractivity contribution in [2.75, 3.05) is 7.11 Å². The normalized spacial score (nSPS) is 11.6. The second-order valence-corrected chi connectivity index (χ2v) is 5.46. The van der Waals surface area contributed by atoms with Crippen molar-refractivity contribution in [2.45, 2.75) is 25.8 Å². The molecule has 0 radical (unpaired) electrons. The lowest BCUT2D eigenvalue weighted by Crippen LogP contribution is -2.33. The summed E-state index contributed by atoms with van der Waals surface area (Å²) in [6.07, 6.45) is 1.98. The number of benzene rings is 2. The first-order valence-corrected chi connectivity index (χ1v) is 7.81. The molecule has 0 fully saturated rings. The second-order valence-electron chi connectivity index (χ2n) is 5.46. The summed E-state index contributed by atoms with van der Waals surface area (Å²) in [7, 11) is 1.54. The summed E-state index contributed by atoms with van der Waals surface area (Å²) in [5.74, 6) is -0.905. The number of hydrogen-bond acceptors (Lipinski definition) is 3. The molecule has 0 heterocycles. The predicted octanol–water partition coefficient (Wildman–Crippen LogP) is 3.20. The number of carboxylic acids is 1. The first kappa shape index (κ1) is 17.5. The van der Waals surface area contributed by atoms with Gasteiger partial charge in [-0.3, -0.25) is 4.79 Å². The van der Waals surface area contributed by atoms with Gasteiger partial charge in [0, 0.05) is 5.56 Å². The Balaban J connectivity index is 2.14. The van der Waals surface area contributed by atoms with Crippen molar-refractivity contribution in [2.24, 2.45) is 0 Å². The molecule has 0 saturated heterocycles. The van der Waals surface area contributed by atoms with Crippen LogP contribution in [0.15, 0.2) is 48.5 Å². The molecule has 1 atom stereocenters. The summed E-state index contributed by atoms with van der Waals surface area (Å²) in [6, 6.07) is 12.7. The molecule has 0 aliphatic rings. The summed E-state index contributed by atoms with van der Waals surface area (Å²) in [6.45, 7) is 2.09. The Bertz CT molecular complexity index is 692. The summed E-state index contributed by atoms with van der Waals surface area (Å²) >= 11 is 0. The smallest absolute Gasteiger partial charge is 0.330 e. The first-order chi connectivity index (χ1) is 11.5. The van der Waals surface area contributed by atoms with Gasteiger partial charge in [-0.25, -0.2) is 4.79 Å². The highest BCUT2D eigenvalue weighted by atomic mass is 16.5. The number of carbonyl (C=O) groups excluding carboxylic acids is 1. The maximum atomic E-state index is 12.3. The summed E-state index contributed by atoms with van der Waals surface area (Å²) < 4.78 is 5.06. The number of carboxylic acid groups (broad SMARTS) is 1. The molecule has 1 unspecified atom stereocenters. The van der Waals surface area contributed by atoms with E-state index in [4.69, 9.17) is 4.74 Å². The Labute approximate surface area is 141 Å². The fourth-order valence-corrected chi connectivity index (χ4v) is 2.41. The van der Waals surface area contributed by atoms with Crippen molar-refractivity contribution in [3.8, 4) is 5.75 Å². The monoisotopic (exact) mass is 327 g/mol. The van der Waals surface area contributed by atoms with Crippen LogP contribution in [0, 0.1) is 0 Å². The SMILES string of the molecule is CCCc1ccc(C(=O)NC(C(=O)O)c2ccc(OC)cc2)cc1. The quantitative estimate of drug-likeness (QED) is 0.819. The zero-order valence-corrected chi connectivity index (χ0v) is 13.8. The molecule has 24 heavy (non-hydrogen) atoms. The molecular weight excluding hydrogens is 306 g/mol. The van der Waals surface area contributed by atoms with E-state index in [0.29, 0.717) is 16.9 Å². The number of hydrogen-bond donors (Lipinski definition) is 2. The van der Waals surface area contributed by atoms with Crippen molar-refractivity contribution in [1.82, 2.24) is 5.32 Å². The Morgan fingerprint density at radius 2 is 1.71 bits per heavy atom. The van der Waals surface area contributed by atoms with Crippen LogP contribution in [-0.2, 0) is 11.2 Å². The van der Waals surface area contributed by atoms with E-state index in [1.807, 2.05) is 12.1 Å². The number of rotatable bonds is 7. The fraction of sp³-hybridized carbons (Fsp3) is 0.263. The van der Waals surface area contributed by atoms with Gasteiger partial charge in [0.2, 0.25) is 0 Å². The van der Waals surface area contributed by atoms with E-state index in [1.165, 1.54) is 7.11 Å². The van der Waals surface area contributed by atoms with Gasteiger partial charge in [-0.2, -0.15) is 0 Å². The van der Waals surface area contributed by atoms with Crippen LogP contribution in [0.2, 0.25) is 0 Å². The summed E-state index contributed by atoms with van der Waals surface area (Å²) in [5.41, 5.74) is 2.08. The van der Waals surface area contributed by atoms with Crippen LogP contribution in [-0.4, -0.2) is 24.1 Å². The second kappa shape index (κ2) is 8.15. The highest BCUT2D eigenvalue weighted by Crippen LogP contribution is 2.19. The number of aliphatic carboxylic acids is 1. The third kappa shape index (κ3) is 4.35. The molecule has 0 aliphatic heterocycles.